The number of nitrogens with zero attached hydrogens (tertiary/aromatic N) is 2. The van der Waals surface area contributed by atoms with Crippen molar-refractivity contribution >= 4 is 18.0 Å². The molecule has 174 valence electrons. The molecule has 2 aliphatic heterocycles. The standard InChI is InChI=1S/C24H33N3O5/c1-5-31-22(28)17-10-12-27(13-11-17)15-19-20(23(29)32-6-2)21(25-24(30)26(19)4)18-9-7-8-16(3)14-18/h7-9,14,17,21H,5-6,10-13,15H2,1-4H3,(H,25,30)/t21-/m0/s1. The molecule has 2 heterocycles. The summed E-state index contributed by atoms with van der Waals surface area (Å²) in [5.74, 6) is -0.674. The Morgan fingerprint density at radius 1 is 1.12 bits per heavy atom. The number of hydrogen-bond acceptors (Lipinski definition) is 6. The van der Waals surface area contributed by atoms with Crippen molar-refractivity contribution < 1.29 is 23.9 Å². The third-order valence-electron chi connectivity index (χ3n) is 6.03. The lowest BCUT2D eigenvalue weighted by Crippen LogP contribution is -2.50. The molecule has 2 aliphatic rings. The van der Waals surface area contributed by atoms with Crippen LogP contribution < -0.4 is 5.32 Å². The molecule has 2 amide bonds. The zero-order chi connectivity index (χ0) is 23.3. The monoisotopic (exact) mass is 443 g/mol. The Balaban J connectivity index is 1.89. The van der Waals surface area contributed by atoms with Crippen molar-refractivity contribution in [3.63, 3.8) is 0 Å². The molecule has 8 heteroatoms. The van der Waals surface area contributed by atoms with Gasteiger partial charge in [-0.05, 0) is 52.3 Å². The van der Waals surface area contributed by atoms with E-state index in [1.807, 2.05) is 38.1 Å². The highest BCUT2D eigenvalue weighted by molar-refractivity contribution is 5.95. The summed E-state index contributed by atoms with van der Waals surface area (Å²) >= 11 is 0. The Kier molecular flexibility index (Phi) is 7.90. The molecule has 0 aromatic heterocycles. The van der Waals surface area contributed by atoms with E-state index in [0.717, 1.165) is 11.1 Å². The van der Waals surface area contributed by atoms with E-state index >= 15 is 0 Å². The molecule has 1 atom stereocenters. The fraction of sp³-hybridized carbons (Fsp3) is 0.542. The van der Waals surface area contributed by atoms with Crippen LogP contribution in [0.25, 0.3) is 0 Å². The molecule has 0 radical (unpaired) electrons. The SMILES string of the molecule is CCOC(=O)C1=C(CN2CCC(C(=O)OCC)CC2)N(C)C(=O)N[C@H]1c1cccc(C)c1. The Hall–Kier alpha value is -2.87. The number of esters is 2. The van der Waals surface area contributed by atoms with Crippen molar-refractivity contribution in [2.75, 3.05) is 39.9 Å². The number of rotatable bonds is 7. The van der Waals surface area contributed by atoms with Crippen LogP contribution in [0.4, 0.5) is 4.79 Å². The zero-order valence-corrected chi connectivity index (χ0v) is 19.3. The van der Waals surface area contributed by atoms with Crippen LogP contribution in [0.2, 0.25) is 0 Å². The predicted molar refractivity (Wildman–Crippen MR) is 120 cm³/mol. The van der Waals surface area contributed by atoms with Crippen molar-refractivity contribution in [3.8, 4) is 0 Å². The van der Waals surface area contributed by atoms with Gasteiger partial charge in [-0.1, -0.05) is 29.8 Å². The van der Waals surface area contributed by atoms with Gasteiger partial charge in [-0.15, -0.1) is 0 Å². The van der Waals surface area contributed by atoms with E-state index in [-0.39, 0.29) is 24.5 Å². The van der Waals surface area contributed by atoms with E-state index in [2.05, 4.69) is 10.2 Å². The van der Waals surface area contributed by atoms with E-state index in [9.17, 15) is 14.4 Å². The highest BCUT2D eigenvalue weighted by atomic mass is 16.5. The van der Waals surface area contributed by atoms with Gasteiger partial charge in [0, 0.05) is 19.3 Å². The minimum absolute atomic E-state index is 0.0999. The first-order valence-electron chi connectivity index (χ1n) is 11.3. The molecule has 8 nitrogen and oxygen atoms in total. The van der Waals surface area contributed by atoms with Crippen LogP contribution in [0.15, 0.2) is 35.5 Å². The molecule has 3 rings (SSSR count). The van der Waals surface area contributed by atoms with Crippen LogP contribution in [0.1, 0.15) is 43.9 Å². The molecule has 0 bridgehead atoms. The second kappa shape index (κ2) is 10.6. The summed E-state index contributed by atoms with van der Waals surface area (Å²) in [6.45, 7) is 7.99. The smallest absolute Gasteiger partial charge is 0.338 e. The van der Waals surface area contributed by atoms with Gasteiger partial charge in [-0.2, -0.15) is 0 Å². The molecule has 1 saturated heterocycles. The maximum absolute atomic E-state index is 13.0. The molecule has 0 aliphatic carbocycles. The van der Waals surface area contributed by atoms with E-state index in [1.54, 1.807) is 14.0 Å². The van der Waals surface area contributed by atoms with Crippen molar-refractivity contribution in [2.24, 2.45) is 5.92 Å². The maximum atomic E-state index is 13.0. The predicted octanol–water partition coefficient (Wildman–Crippen LogP) is 2.78. The van der Waals surface area contributed by atoms with Gasteiger partial charge in [0.15, 0.2) is 0 Å². The number of carbonyl (C=O) groups excluding carboxylic acids is 3. The number of amides is 2. The van der Waals surface area contributed by atoms with Crippen molar-refractivity contribution in [2.45, 2.75) is 39.7 Å². The highest BCUT2D eigenvalue weighted by Crippen LogP contribution is 2.32. The van der Waals surface area contributed by atoms with Gasteiger partial charge >= 0.3 is 18.0 Å². The lowest BCUT2D eigenvalue weighted by Gasteiger charge is -2.38. The first-order chi connectivity index (χ1) is 15.3. The van der Waals surface area contributed by atoms with Crippen molar-refractivity contribution in [3.05, 3.63) is 46.7 Å². The number of benzene rings is 1. The average molecular weight is 444 g/mol. The molecular formula is C24H33N3O5. The van der Waals surface area contributed by atoms with E-state index in [0.29, 0.717) is 50.4 Å². The third-order valence-corrected chi connectivity index (χ3v) is 6.03. The Morgan fingerprint density at radius 2 is 1.81 bits per heavy atom. The molecule has 1 aromatic rings. The topological polar surface area (TPSA) is 88.2 Å². The molecular weight excluding hydrogens is 410 g/mol. The normalized spacial score (nSPS) is 20.2. The second-order valence-electron chi connectivity index (χ2n) is 8.24. The van der Waals surface area contributed by atoms with Crippen LogP contribution in [0, 0.1) is 12.8 Å². The summed E-state index contributed by atoms with van der Waals surface area (Å²) in [7, 11) is 1.67. The van der Waals surface area contributed by atoms with E-state index in [1.165, 1.54) is 4.90 Å². The fourth-order valence-electron chi connectivity index (χ4n) is 4.30. The molecule has 1 fully saturated rings. The van der Waals surface area contributed by atoms with Gasteiger partial charge in [-0.25, -0.2) is 9.59 Å². The number of piperidine rings is 1. The molecule has 0 unspecified atom stereocenters. The quantitative estimate of drug-likeness (QED) is 0.652. The molecule has 1 aromatic carbocycles. The van der Waals surface area contributed by atoms with Gasteiger partial charge in [-0.3, -0.25) is 14.6 Å². The average Bonchev–Trinajstić information content (AvgIpc) is 2.77. The highest BCUT2D eigenvalue weighted by Gasteiger charge is 2.38. The number of carbonyl (C=O) groups is 3. The fourth-order valence-corrected chi connectivity index (χ4v) is 4.30. The van der Waals surface area contributed by atoms with Crippen molar-refractivity contribution in [1.29, 1.82) is 0 Å². The number of likely N-dealkylation sites (tertiary alicyclic amines) is 1. The lowest BCUT2D eigenvalue weighted by molar-refractivity contribution is -0.149. The number of nitrogens with one attached hydrogen (secondary N) is 1. The minimum atomic E-state index is -0.579. The maximum Gasteiger partial charge on any atom is 0.338 e. The van der Waals surface area contributed by atoms with Crippen LogP contribution in [0.5, 0.6) is 0 Å². The third kappa shape index (κ3) is 5.30. The Labute approximate surface area is 189 Å². The number of aryl methyl sites for hydroxylation is 1. The Bertz CT molecular complexity index is 889. The van der Waals surface area contributed by atoms with Gasteiger partial charge in [0.05, 0.1) is 30.7 Å². The summed E-state index contributed by atoms with van der Waals surface area (Å²) in [5.41, 5.74) is 2.97. The van der Waals surface area contributed by atoms with Gasteiger partial charge in [0.25, 0.3) is 0 Å². The lowest BCUT2D eigenvalue weighted by atomic mass is 9.92. The second-order valence-corrected chi connectivity index (χ2v) is 8.24. The first kappa shape index (κ1) is 23.8. The molecule has 32 heavy (non-hydrogen) atoms. The van der Waals surface area contributed by atoms with Crippen LogP contribution in [0.3, 0.4) is 0 Å². The number of hydrogen-bond donors (Lipinski definition) is 1. The number of urea groups is 1. The Morgan fingerprint density at radius 3 is 2.44 bits per heavy atom. The zero-order valence-electron chi connectivity index (χ0n) is 19.3. The van der Waals surface area contributed by atoms with Crippen molar-refractivity contribution in [1.82, 2.24) is 15.1 Å². The minimum Gasteiger partial charge on any atom is -0.466 e. The summed E-state index contributed by atoms with van der Waals surface area (Å²) in [6, 6.07) is 6.93. The molecule has 0 spiro atoms. The van der Waals surface area contributed by atoms with E-state index < -0.39 is 12.0 Å². The molecule has 1 N–H and O–H groups in total. The summed E-state index contributed by atoms with van der Waals surface area (Å²) in [6.07, 6.45) is 1.39. The number of likely N-dealkylation sites (N-methyl/N-ethyl adjacent to an activating group) is 1. The van der Waals surface area contributed by atoms with E-state index in [4.69, 9.17) is 9.47 Å². The van der Waals surface area contributed by atoms with Gasteiger partial charge < -0.3 is 14.8 Å². The summed E-state index contributed by atoms with van der Waals surface area (Å²) < 4.78 is 10.5. The number of ether oxygens (including phenoxy) is 2. The van der Waals surface area contributed by atoms with Gasteiger partial charge in [0.2, 0.25) is 0 Å². The van der Waals surface area contributed by atoms with Crippen LogP contribution in [-0.2, 0) is 19.1 Å². The van der Waals surface area contributed by atoms with Crippen LogP contribution in [-0.4, -0.2) is 67.7 Å². The van der Waals surface area contributed by atoms with Gasteiger partial charge in [0.1, 0.15) is 0 Å². The largest absolute Gasteiger partial charge is 0.466 e. The van der Waals surface area contributed by atoms with Crippen LogP contribution >= 0.6 is 0 Å². The summed E-state index contributed by atoms with van der Waals surface area (Å²) in [4.78, 5) is 41.6. The molecule has 0 saturated carbocycles. The first-order valence-corrected chi connectivity index (χ1v) is 11.3. The summed E-state index contributed by atoms with van der Waals surface area (Å²) in [5, 5.41) is 2.95.